The fourth-order valence-electron chi connectivity index (χ4n) is 1.16. The summed E-state index contributed by atoms with van der Waals surface area (Å²) in [6, 6.07) is 7.55. The number of aliphatic hydroxyl groups excluding tert-OH is 1. The number of aliphatic hydroxyl groups is 1. The summed E-state index contributed by atoms with van der Waals surface area (Å²) in [6.07, 6.45) is 0. The Morgan fingerprint density at radius 1 is 1.57 bits per heavy atom. The summed E-state index contributed by atoms with van der Waals surface area (Å²) in [5, 5.41) is 20.7. The minimum absolute atomic E-state index is 0.00245. The quantitative estimate of drug-likeness (QED) is 0.762. The smallest absolute Gasteiger partial charge is 0.0992 e. The van der Waals surface area contributed by atoms with Gasteiger partial charge in [0.2, 0.25) is 0 Å². The van der Waals surface area contributed by atoms with Crippen LogP contribution in [-0.4, -0.2) is 17.8 Å². The highest BCUT2D eigenvalue weighted by atomic mass is 16.3. The first kappa shape index (κ1) is 10.6. The molecule has 0 aliphatic heterocycles. The molecule has 1 aromatic carbocycles. The van der Waals surface area contributed by atoms with E-state index in [2.05, 4.69) is 11.4 Å². The normalized spacial score (nSPS) is 11.9. The Bertz CT molecular complexity index is 355. The molecule has 1 rings (SSSR count). The molecule has 0 heterocycles. The van der Waals surface area contributed by atoms with Crippen LogP contribution in [0.1, 0.15) is 18.1 Å². The van der Waals surface area contributed by atoms with E-state index in [9.17, 15) is 0 Å². The van der Waals surface area contributed by atoms with Crippen molar-refractivity contribution < 1.29 is 5.11 Å². The lowest BCUT2D eigenvalue weighted by Crippen LogP contribution is -2.19. The lowest BCUT2D eigenvalue weighted by atomic mass is 10.1. The largest absolute Gasteiger partial charge is 0.394 e. The summed E-state index contributed by atoms with van der Waals surface area (Å²) in [5.74, 6) is 0. The van der Waals surface area contributed by atoms with Crippen LogP contribution in [0.5, 0.6) is 0 Å². The van der Waals surface area contributed by atoms with Gasteiger partial charge in [-0.25, -0.2) is 0 Å². The van der Waals surface area contributed by atoms with Gasteiger partial charge >= 0.3 is 0 Å². The first-order chi connectivity index (χ1) is 6.67. The van der Waals surface area contributed by atoms with Crippen LogP contribution in [-0.2, 0) is 0 Å². The van der Waals surface area contributed by atoms with Gasteiger partial charge in [-0.15, -0.1) is 0 Å². The zero-order chi connectivity index (χ0) is 10.6. The van der Waals surface area contributed by atoms with E-state index in [1.807, 2.05) is 19.9 Å². The molecule has 0 aliphatic carbocycles. The predicted octanol–water partition coefficient (Wildman–Crippen LogP) is 1.66. The van der Waals surface area contributed by atoms with Crippen molar-refractivity contribution in [3.05, 3.63) is 29.3 Å². The minimum atomic E-state index is 0.00245. The van der Waals surface area contributed by atoms with E-state index in [1.165, 1.54) is 0 Å². The van der Waals surface area contributed by atoms with Crippen molar-refractivity contribution in [2.24, 2.45) is 0 Å². The van der Waals surface area contributed by atoms with Crippen molar-refractivity contribution >= 4 is 5.69 Å². The topological polar surface area (TPSA) is 56.0 Å². The van der Waals surface area contributed by atoms with Crippen molar-refractivity contribution in [3.8, 4) is 6.07 Å². The molecule has 0 bridgehead atoms. The fraction of sp³-hybridized carbons (Fsp3) is 0.364. The van der Waals surface area contributed by atoms with Gasteiger partial charge in [0.1, 0.15) is 0 Å². The molecule has 3 heteroatoms. The number of hydrogen-bond donors (Lipinski definition) is 2. The Balaban J connectivity index is 2.90. The summed E-state index contributed by atoms with van der Waals surface area (Å²) in [4.78, 5) is 0. The Labute approximate surface area is 84.0 Å². The van der Waals surface area contributed by atoms with Crippen molar-refractivity contribution in [1.29, 1.82) is 5.26 Å². The number of nitrogens with zero attached hydrogens (tertiary/aromatic N) is 1. The molecule has 2 N–H and O–H groups in total. The summed E-state index contributed by atoms with van der Waals surface area (Å²) >= 11 is 0. The summed E-state index contributed by atoms with van der Waals surface area (Å²) in [5.41, 5.74) is 2.61. The lowest BCUT2D eigenvalue weighted by molar-refractivity contribution is 0.281. The van der Waals surface area contributed by atoms with Crippen molar-refractivity contribution in [2.75, 3.05) is 11.9 Å². The van der Waals surface area contributed by atoms with E-state index in [-0.39, 0.29) is 12.6 Å². The Kier molecular flexibility index (Phi) is 3.49. The second kappa shape index (κ2) is 4.64. The number of hydrogen-bond acceptors (Lipinski definition) is 3. The molecule has 3 nitrogen and oxygen atoms in total. The molecule has 0 amide bonds. The third-order valence-corrected chi connectivity index (χ3v) is 2.04. The SMILES string of the molecule is Cc1ccc(C#N)cc1NC(C)CO. The second-order valence-electron chi connectivity index (χ2n) is 3.37. The van der Waals surface area contributed by atoms with Crippen LogP contribution >= 0.6 is 0 Å². The lowest BCUT2D eigenvalue weighted by Gasteiger charge is -2.14. The molecule has 0 saturated heterocycles. The molecule has 0 aliphatic rings. The molecule has 1 atom stereocenters. The molecule has 0 spiro atoms. The maximum Gasteiger partial charge on any atom is 0.0992 e. The molecule has 74 valence electrons. The van der Waals surface area contributed by atoms with Gasteiger partial charge in [-0.2, -0.15) is 5.26 Å². The van der Waals surface area contributed by atoms with Gasteiger partial charge in [-0.05, 0) is 31.5 Å². The highest BCUT2D eigenvalue weighted by molar-refractivity contribution is 5.55. The molecular formula is C11H14N2O. The van der Waals surface area contributed by atoms with Crippen LogP contribution in [0.4, 0.5) is 5.69 Å². The van der Waals surface area contributed by atoms with Gasteiger partial charge in [0.25, 0.3) is 0 Å². The number of rotatable bonds is 3. The summed E-state index contributed by atoms with van der Waals surface area (Å²) < 4.78 is 0. The van der Waals surface area contributed by atoms with E-state index in [0.717, 1.165) is 11.3 Å². The van der Waals surface area contributed by atoms with Crippen LogP contribution in [0.15, 0.2) is 18.2 Å². The first-order valence-corrected chi connectivity index (χ1v) is 4.55. The maximum absolute atomic E-state index is 8.89. The third-order valence-electron chi connectivity index (χ3n) is 2.04. The molecule has 0 aromatic heterocycles. The van der Waals surface area contributed by atoms with E-state index in [4.69, 9.17) is 10.4 Å². The Morgan fingerprint density at radius 2 is 2.29 bits per heavy atom. The van der Waals surface area contributed by atoms with Crippen LogP contribution < -0.4 is 5.32 Å². The van der Waals surface area contributed by atoms with Gasteiger partial charge in [0, 0.05) is 11.7 Å². The third kappa shape index (κ3) is 2.48. The summed E-state index contributed by atoms with van der Waals surface area (Å²) in [6.45, 7) is 3.93. The molecule has 0 saturated carbocycles. The highest BCUT2D eigenvalue weighted by Gasteiger charge is 2.03. The zero-order valence-electron chi connectivity index (χ0n) is 8.41. The number of nitrogens with one attached hydrogen (secondary N) is 1. The Morgan fingerprint density at radius 3 is 2.86 bits per heavy atom. The van der Waals surface area contributed by atoms with E-state index in [1.54, 1.807) is 12.1 Å². The van der Waals surface area contributed by atoms with Crippen LogP contribution in [0.2, 0.25) is 0 Å². The van der Waals surface area contributed by atoms with Crippen molar-refractivity contribution in [3.63, 3.8) is 0 Å². The zero-order valence-corrected chi connectivity index (χ0v) is 8.41. The maximum atomic E-state index is 8.89. The number of aryl methyl sites for hydroxylation is 1. The van der Waals surface area contributed by atoms with Crippen molar-refractivity contribution in [1.82, 2.24) is 0 Å². The van der Waals surface area contributed by atoms with E-state index >= 15 is 0 Å². The average Bonchev–Trinajstić information content (AvgIpc) is 2.21. The first-order valence-electron chi connectivity index (χ1n) is 4.55. The second-order valence-corrected chi connectivity index (χ2v) is 3.37. The van der Waals surface area contributed by atoms with Gasteiger partial charge in [-0.3, -0.25) is 0 Å². The van der Waals surface area contributed by atoms with Crippen molar-refractivity contribution in [2.45, 2.75) is 19.9 Å². The molecule has 1 unspecified atom stereocenters. The number of nitriles is 1. The standard InChI is InChI=1S/C11H14N2O/c1-8-3-4-10(6-12)5-11(8)13-9(2)7-14/h3-5,9,13-14H,7H2,1-2H3. The number of anilines is 1. The van der Waals surface area contributed by atoms with Crippen LogP contribution in [0.3, 0.4) is 0 Å². The molecule has 0 radical (unpaired) electrons. The number of benzene rings is 1. The fourth-order valence-corrected chi connectivity index (χ4v) is 1.16. The Hall–Kier alpha value is -1.53. The van der Waals surface area contributed by atoms with E-state index < -0.39 is 0 Å². The van der Waals surface area contributed by atoms with Gasteiger partial charge in [-0.1, -0.05) is 6.07 Å². The minimum Gasteiger partial charge on any atom is -0.394 e. The molecular weight excluding hydrogens is 176 g/mol. The summed E-state index contributed by atoms with van der Waals surface area (Å²) in [7, 11) is 0. The average molecular weight is 190 g/mol. The van der Waals surface area contributed by atoms with Crippen LogP contribution in [0, 0.1) is 18.3 Å². The van der Waals surface area contributed by atoms with E-state index in [0.29, 0.717) is 5.56 Å². The molecule has 0 fully saturated rings. The molecule has 14 heavy (non-hydrogen) atoms. The predicted molar refractivity (Wildman–Crippen MR) is 56.1 cm³/mol. The highest BCUT2D eigenvalue weighted by Crippen LogP contribution is 2.17. The monoisotopic (exact) mass is 190 g/mol. The van der Waals surface area contributed by atoms with Crippen LogP contribution in [0.25, 0.3) is 0 Å². The molecule has 1 aromatic rings. The van der Waals surface area contributed by atoms with Gasteiger partial charge < -0.3 is 10.4 Å². The van der Waals surface area contributed by atoms with Gasteiger partial charge in [0.15, 0.2) is 0 Å². The van der Waals surface area contributed by atoms with Gasteiger partial charge in [0.05, 0.1) is 18.2 Å².